The van der Waals surface area contributed by atoms with Crippen LogP contribution in [0, 0.1) is 5.41 Å². The van der Waals surface area contributed by atoms with Crippen molar-refractivity contribution in [3.63, 3.8) is 0 Å². The van der Waals surface area contributed by atoms with Gasteiger partial charge in [-0.1, -0.05) is 11.6 Å². The number of nitrogens with one attached hydrogen (secondary N) is 1. The molecular weight excluding hydrogens is 199 g/mol. The Bertz CT molecular complexity index is 278. The van der Waals surface area contributed by atoms with Gasteiger partial charge in [-0.2, -0.15) is 0 Å². The number of halogens is 2. The number of hydrogen-bond donors (Lipinski definition) is 1. The molecule has 0 spiro atoms. The second-order valence-electron chi connectivity index (χ2n) is 1.90. The summed E-state index contributed by atoms with van der Waals surface area (Å²) in [4.78, 5) is 3.77. The molecular formula is C7H8Cl2N2O. The Hall–Kier alpha value is -0.800. The van der Waals surface area contributed by atoms with Gasteiger partial charge in [0.25, 0.3) is 0 Å². The standard InChI is InChI=1S/C7H7ClN2O.ClH/c1-11-7(9)5-2-3-10-6(8)4-5;/h2-4,9H,1H3;1H. The molecule has 0 radical (unpaired) electrons. The smallest absolute Gasteiger partial charge is 0.213 e. The molecule has 1 N–H and O–H groups in total. The summed E-state index contributed by atoms with van der Waals surface area (Å²) in [5, 5.41) is 7.63. The highest BCUT2D eigenvalue weighted by atomic mass is 35.5. The van der Waals surface area contributed by atoms with Crippen LogP contribution in [0.5, 0.6) is 0 Å². The van der Waals surface area contributed by atoms with Gasteiger partial charge in [-0.3, -0.25) is 5.41 Å². The van der Waals surface area contributed by atoms with Gasteiger partial charge in [0.05, 0.1) is 7.11 Å². The summed E-state index contributed by atoms with van der Waals surface area (Å²) < 4.78 is 4.69. The third kappa shape index (κ3) is 2.68. The molecule has 5 heteroatoms. The first-order valence-corrected chi connectivity index (χ1v) is 3.36. The molecule has 1 aromatic rings. The van der Waals surface area contributed by atoms with Gasteiger partial charge < -0.3 is 4.74 Å². The van der Waals surface area contributed by atoms with Crippen molar-refractivity contribution in [3.8, 4) is 0 Å². The van der Waals surface area contributed by atoms with Crippen LogP contribution in [0.4, 0.5) is 0 Å². The van der Waals surface area contributed by atoms with Crippen molar-refractivity contribution in [2.75, 3.05) is 7.11 Å². The number of nitrogens with zero attached hydrogens (tertiary/aromatic N) is 1. The Labute approximate surface area is 81.6 Å². The van der Waals surface area contributed by atoms with Crippen molar-refractivity contribution >= 4 is 29.9 Å². The van der Waals surface area contributed by atoms with Gasteiger partial charge in [0, 0.05) is 11.8 Å². The van der Waals surface area contributed by atoms with E-state index in [0.29, 0.717) is 10.7 Å². The van der Waals surface area contributed by atoms with Crippen LogP contribution in [0.3, 0.4) is 0 Å². The molecule has 3 nitrogen and oxygen atoms in total. The van der Waals surface area contributed by atoms with Gasteiger partial charge in [0.1, 0.15) is 5.15 Å². The molecule has 66 valence electrons. The second kappa shape index (κ2) is 4.95. The molecule has 1 rings (SSSR count). The van der Waals surface area contributed by atoms with E-state index < -0.39 is 0 Å². The van der Waals surface area contributed by atoms with Crippen molar-refractivity contribution < 1.29 is 4.74 Å². The fourth-order valence-corrected chi connectivity index (χ4v) is 0.835. The Kier molecular flexibility index (Phi) is 4.62. The van der Waals surface area contributed by atoms with Crippen molar-refractivity contribution in [1.29, 1.82) is 5.41 Å². The van der Waals surface area contributed by atoms with E-state index in [1.54, 1.807) is 12.1 Å². The third-order valence-corrected chi connectivity index (χ3v) is 1.40. The summed E-state index contributed by atoms with van der Waals surface area (Å²) in [5.74, 6) is 0.0919. The van der Waals surface area contributed by atoms with Crippen LogP contribution in [0.2, 0.25) is 5.15 Å². The Morgan fingerprint density at radius 1 is 1.67 bits per heavy atom. The first kappa shape index (κ1) is 11.2. The largest absolute Gasteiger partial charge is 0.481 e. The van der Waals surface area contributed by atoms with Crippen LogP contribution in [-0.4, -0.2) is 18.0 Å². The minimum Gasteiger partial charge on any atom is -0.481 e. The SMILES string of the molecule is COC(=N)c1ccnc(Cl)c1.Cl. The zero-order valence-corrected chi connectivity index (χ0v) is 7.95. The van der Waals surface area contributed by atoms with Crippen molar-refractivity contribution in [3.05, 3.63) is 29.0 Å². The zero-order chi connectivity index (χ0) is 8.27. The summed E-state index contributed by atoms with van der Waals surface area (Å²) in [6, 6.07) is 3.24. The topological polar surface area (TPSA) is 46.0 Å². The fourth-order valence-electron chi connectivity index (χ4n) is 0.662. The molecule has 0 bridgehead atoms. The van der Waals surface area contributed by atoms with Crippen LogP contribution < -0.4 is 0 Å². The molecule has 0 aliphatic heterocycles. The highest BCUT2D eigenvalue weighted by Gasteiger charge is 2.00. The first-order valence-electron chi connectivity index (χ1n) is 2.98. The summed E-state index contributed by atoms with van der Waals surface area (Å²) in [6.07, 6.45) is 1.53. The van der Waals surface area contributed by atoms with Gasteiger partial charge in [0.2, 0.25) is 5.90 Å². The molecule has 0 amide bonds. The van der Waals surface area contributed by atoms with Crippen molar-refractivity contribution in [1.82, 2.24) is 4.98 Å². The van der Waals surface area contributed by atoms with E-state index in [9.17, 15) is 0 Å². The van der Waals surface area contributed by atoms with Gasteiger partial charge in [0.15, 0.2) is 0 Å². The minimum atomic E-state index is 0. The lowest BCUT2D eigenvalue weighted by Crippen LogP contribution is -2.00. The van der Waals surface area contributed by atoms with Crippen LogP contribution >= 0.6 is 24.0 Å². The van der Waals surface area contributed by atoms with Gasteiger partial charge in [-0.15, -0.1) is 12.4 Å². The number of methoxy groups -OCH3 is 1. The van der Waals surface area contributed by atoms with E-state index in [4.69, 9.17) is 17.0 Å². The van der Waals surface area contributed by atoms with Gasteiger partial charge >= 0.3 is 0 Å². The molecule has 12 heavy (non-hydrogen) atoms. The lowest BCUT2D eigenvalue weighted by molar-refractivity contribution is 0.401. The zero-order valence-electron chi connectivity index (χ0n) is 6.37. The number of hydrogen-bond acceptors (Lipinski definition) is 3. The number of rotatable bonds is 1. The quantitative estimate of drug-likeness (QED) is 0.435. The summed E-state index contributed by atoms with van der Waals surface area (Å²) in [5.41, 5.74) is 0.632. The summed E-state index contributed by atoms with van der Waals surface area (Å²) >= 11 is 5.58. The molecule has 0 unspecified atom stereocenters. The highest BCUT2D eigenvalue weighted by Crippen LogP contribution is 2.07. The van der Waals surface area contributed by atoms with Gasteiger partial charge in [-0.05, 0) is 12.1 Å². The Morgan fingerprint density at radius 2 is 2.33 bits per heavy atom. The predicted molar refractivity (Wildman–Crippen MR) is 50.3 cm³/mol. The van der Waals surface area contributed by atoms with Gasteiger partial charge in [-0.25, -0.2) is 4.98 Å². The molecule has 0 fully saturated rings. The molecule has 1 aromatic heterocycles. The van der Waals surface area contributed by atoms with Crippen LogP contribution in [-0.2, 0) is 4.74 Å². The third-order valence-electron chi connectivity index (χ3n) is 1.19. The van der Waals surface area contributed by atoms with E-state index >= 15 is 0 Å². The fraction of sp³-hybridized carbons (Fsp3) is 0.143. The maximum Gasteiger partial charge on any atom is 0.213 e. The van der Waals surface area contributed by atoms with Crippen LogP contribution in [0.25, 0.3) is 0 Å². The normalized spacial score (nSPS) is 8.50. The summed E-state index contributed by atoms with van der Waals surface area (Å²) in [7, 11) is 1.44. The molecule has 0 saturated carbocycles. The average Bonchev–Trinajstić information content (AvgIpc) is 2.03. The maximum atomic E-state index is 7.27. The predicted octanol–water partition coefficient (Wildman–Crippen LogP) is 2.13. The Balaban J connectivity index is 0.00000121. The molecule has 0 saturated heterocycles. The van der Waals surface area contributed by atoms with E-state index in [1.165, 1.54) is 13.3 Å². The number of aromatic nitrogens is 1. The minimum absolute atomic E-state index is 0. The monoisotopic (exact) mass is 206 g/mol. The van der Waals surface area contributed by atoms with Crippen LogP contribution in [0.1, 0.15) is 5.56 Å². The summed E-state index contributed by atoms with van der Waals surface area (Å²) in [6.45, 7) is 0. The number of ether oxygens (including phenoxy) is 1. The van der Waals surface area contributed by atoms with Crippen molar-refractivity contribution in [2.24, 2.45) is 0 Å². The second-order valence-corrected chi connectivity index (χ2v) is 2.29. The highest BCUT2D eigenvalue weighted by molar-refractivity contribution is 6.29. The lowest BCUT2D eigenvalue weighted by atomic mass is 10.3. The maximum absolute atomic E-state index is 7.27. The number of pyridine rings is 1. The molecule has 0 aliphatic rings. The first-order chi connectivity index (χ1) is 5.24. The van der Waals surface area contributed by atoms with E-state index in [1.807, 2.05) is 0 Å². The van der Waals surface area contributed by atoms with Crippen LogP contribution in [0.15, 0.2) is 18.3 Å². The Morgan fingerprint density at radius 3 is 2.83 bits per heavy atom. The van der Waals surface area contributed by atoms with E-state index in [0.717, 1.165) is 0 Å². The molecule has 1 heterocycles. The molecule has 0 aliphatic carbocycles. The van der Waals surface area contributed by atoms with Crippen molar-refractivity contribution in [2.45, 2.75) is 0 Å². The average molecular weight is 207 g/mol. The molecule has 0 atom stereocenters. The molecule has 0 aromatic carbocycles. The van der Waals surface area contributed by atoms with E-state index in [-0.39, 0.29) is 18.3 Å². The lowest BCUT2D eigenvalue weighted by Gasteiger charge is -2.00. The van der Waals surface area contributed by atoms with E-state index in [2.05, 4.69) is 9.72 Å².